The number of aryl methyl sites for hydroxylation is 1. The highest BCUT2D eigenvalue weighted by atomic mass is 16.3. The summed E-state index contributed by atoms with van der Waals surface area (Å²) >= 11 is 0. The number of aliphatic hydroxyl groups excluding tert-OH is 1. The summed E-state index contributed by atoms with van der Waals surface area (Å²) in [6.45, 7) is 5.15. The highest BCUT2D eigenvalue weighted by Crippen LogP contribution is 2.18. The van der Waals surface area contributed by atoms with Crippen LogP contribution in [0.3, 0.4) is 0 Å². The first kappa shape index (κ1) is 18.2. The number of β-amino-alcohol motifs (C(OH)–C–C–N with tert-alkyl or cyclic N) is 1. The third kappa shape index (κ3) is 4.15. The Morgan fingerprint density at radius 3 is 2.77 bits per heavy atom. The van der Waals surface area contributed by atoms with Gasteiger partial charge in [-0.3, -0.25) is 4.57 Å². The van der Waals surface area contributed by atoms with Gasteiger partial charge in [0, 0.05) is 24.3 Å². The van der Waals surface area contributed by atoms with E-state index in [4.69, 9.17) is 5.73 Å². The molecular weight excluding hydrogens is 328 g/mol. The number of fused-ring (bicyclic) bond motifs is 1. The van der Waals surface area contributed by atoms with Gasteiger partial charge < -0.3 is 21.1 Å². The van der Waals surface area contributed by atoms with Gasteiger partial charge >= 0.3 is 5.69 Å². The van der Waals surface area contributed by atoms with E-state index in [0.29, 0.717) is 18.8 Å². The van der Waals surface area contributed by atoms with Crippen LogP contribution < -0.4 is 16.7 Å². The Bertz CT molecular complexity index is 942. The van der Waals surface area contributed by atoms with E-state index in [1.165, 1.54) is 0 Å². The molecule has 0 radical (unpaired) electrons. The lowest BCUT2D eigenvalue weighted by Gasteiger charge is -2.28. The minimum absolute atomic E-state index is 0.0956. The molecule has 0 amide bonds. The molecule has 6 heteroatoms. The molecule has 1 atom stereocenters. The first-order valence-electron chi connectivity index (χ1n) is 8.82. The van der Waals surface area contributed by atoms with Crippen molar-refractivity contribution in [3.63, 3.8) is 0 Å². The zero-order valence-corrected chi connectivity index (χ0v) is 15.2. The zero-order chi connectivity index (χ0) is 18.7. The van der Waals surface area contributed by atoms with Crippen molar-refractivity contribution in [2.75, 3.05) is 12.3 Å². The SMILES string of the molecule is CC(C)(CCn1c(=O)[nH]c2ccccc21)NCC(O)c1cccc(N)c1. The average molecular weight is 354 g/mol. The number of para-hydroxylation sites is 2. The molecule has 0 saturated carbocycles. The Morgan fingerprint density at radius 2 is 2.00 bits per heavy atom. The number of hydrogen-bond donors (Lipinski definition) is 4. The Kier molecular flexibility index (Phi) is 5.15. The third-order valence-electron chi connectivity index (χ3n) is 4.71. The largest absolute Gasteiger partial charge is 0.399 e. The van der Waals surface area contributed by atoms with Crippen LogP contribution in [0, 0.1) is 0 Å². The number of imidazole rings is 1. The molecule has 0 saturated heterocycles. The van der Waals surface area contributed by atoms with E-state index in [2.05, 4.69) is 24.1 Å². The van der Waals surface area contributed by atoms with E-state index in [0.717, 1.165) is 23.0 Å². The number of benzene rings is 2. The Hall–Kier alpha value is -2.57. The van der Waals surface area contributed by atoms with Crippen LogP contribution in [0.4, 0.5) is 5.69 Å². The zero-order valence-electron chi connectivity index (χ0n) is 15.2. The van der Waals surface area contributed by atoms with Crippen molar-refractivity contribution in [3.05, 3.63) is 64.6 Å². The number of anilines is 1. The second-order valence-corrected chi connectivity index (χ2v) is 7.30. The molecule has 1 heterocycles. The molecule has 3 rings (SSSR count). The van der Waals surface area contributed by atoms with Crippen molar-refractivity contribution < 1.29 is 5.11 Å². The molecule has 26 heavy (non-hydrogen) atoms. The summed E-state index contributed by atoms with van der Waals surface area (Å²) in [5.41, 5.74) is 8.63. The molecule has 0 bridgehead atoms. The van der Waals surface area contributed by atoms with Crippen LogP contribution in [-0.4, -0.2) is 26.7 Å². The van der Waals surface area contributed by atoms with Gasteiger partial charge in [0.25, 0.3) is 0 Å². The molecule has 138 valence electrons. The number of nitrogen functional groups attached to an aromatic ring is 1. The number of rotatable bonds is 7. The molecule has 0 aliphatic heterocycles. The average Bonchev–Trinajstić information content (AvgIpc) is 2.93. The van der Waals surface area contributed by atoms with Crippen LogP contribution in [0.15, 0.2) is 53.3 Å². The number of aromatic nitrogens is 2. The van der Waals surface area contributed by atoms with Crippen molar-refractivity contribution >= 4 is 16.7 Å². The fourth-order valence-electron chi connectivity index (χ4n) is 3.07. The predicted octanol–water partition coefficient (Wildman–Crippen LogP) is 2.40. The highest BCUT2D eigenvalue weighted by Gasteiger charge is 2.20. The number of nitrogens with zero attached hydrogens (tertiary/aromatic N) is 1. The van der Waals surface area contributed by atoms with E-state index in [9.17, 15) is 9.90 Å². The van der Waals surface area contributed by atoms with Crippen LogP contribution in [0.1, 0.15) is 31.9 Å². The third-order valence-corrected chi connectivity index (χ3v) is 4.71. The second-order valence-electron chi connectivity index (χ2n) is 7.30. The van der Waals surface area contributed by atoms with Crippen molar-refractivity contribution in [3.8, 4) is 0 Å². The summed E-state index contributed by atoms with van der Waals surface area (Å²) in [6, 6.07) is 15.0. The Morgan fingerprint density at radius 1 is 1.23 bits per heavy atom. The van der Waals surface area contributed by atoms with Gasteiger partial charge in [0.2, 0.25) is 0 Å². The lowest BCUT2D eigenvalue weighted by Crippen LogP contribution is -2.42. The van der Waals surface area contributed by atoms with Crippen LogP contribution in [0.2, 0.25) is 0 Å². The van der Waals surface area contributed by atoms with E-state index < -0.39 is 6.10 Å². The number of nitrogens with two attached hydrogens (primary N) is 1. The molecule has 2 aromatic carbocycles. The van der Waals surface area contributed by atoms with Gasteiger partial charge in [-0.1, -0.05) is 24.3 Å². The van der Waals surface area contributed by atoms with Crippen LogP contribution >= 0.6 is 0 Å². The number of hydrogen-bond acceptors (Lipinski definition) is 4. The fourth-order valence-corrected chi connectivity index (χ4v) is 3.07. The second kappa shape index (κ2) is 7.35. The fraction of sp³-hybridized carbons (Fsp3) is 0.350. The van der Waals surface area contributed by atoms with Gasteiger partial charge in [-0.2, -0.15) is 0 Å². The first-order valence-corrected chi connectivity index (χ1v) is 8.82. The standard InChI is InChI=1S/C20H26N4O2/c1-20(2,22-13-18(25)14-6-5-7-15(21)12-14)10-11-24-17-9-4-3-8-16(17)23-19(24)26/h3-9,12,18,22,25H,10-11,13,21H2,1-2H3,(H,23,26). The molecule has 0 aliphatic carbocycles. The molecule has 1 aromatic heterocycles. The Balaban J connectivity index is 1.62. The summed E-state index contributed by atoms with van der Waals surface area (Å²) in [4.78, 5) is 15.0. The lowest BCUT2D eigenvalue weighted by atomic mass is 9.99. The lowest BCUT2D eigenvalue weighted by molar-refractivity contribution is 0.158. The summed E-state index contributed by atoms with van der Waals surface area (Å²) in [7, 11) is 0. The number of aromatic amines is 1. The molecule has 6 nitrogen and oxygen atoms in total. The van der Waals surface area contributed by atoms with Crippen LogP contribution in [-0.2, 0) is 6.54 Å². The molecular formula is C20H26N4O2. The number of H-pyrrole nitrogens is 1. The van der Waals surface area contributed by atoms with Crippen LogP contribution in [0.5, 0.6) is 0 Å². The quantitative estimate of drug-likeness (QED) is 0.490. The van der Waals surface area contributed by atoms with Gasteiger partial charge in [-0.25, -0.2) is 4.79 Å². The number of aliphatic hydroxyl groups is 1. The van der Waals surface area contributed by atoms with Crippen molar-refractivity contribution in [2.24, 2.45) is 0 Å². The smallest absolute Gasteiger partial charge is 0.326 e. The van der Waals surface area contributed by atoms with E-state index in [-0.39, 0.29) is 11.2 Å². The maximum absolute atomic E-state index is 12.2. The maximum Gasteiger partial charge on any atom is 0.326 e. The summed E-state index contributed by atoms with van der Waals surface area (Å²) < 4.78 is 1.76. The molecule has 1 unspecified atom stereocenters. The molecule has 5 N–H and O–H groups in total. The first-order chi connectivity index (χ1) is 12.4. The monoisotopic (exact) mass is 354 g/mol. The topological polar surface area (TPSA) is 96.1 Å². The van der Waals surface area contributed by atoms with Crippen molar-refractivity contribution in [1.29, 1.82) is 0 Å². The van der Waals surface area contributed by atoms with Crippen molar-refractivity contribution in [1.82, 2.24) is 14.9 Å². The van der Waals surface area contributed by atoms with Gasteiger partial charge in [0.05, 0.1) is 17.1 Å². The maximum atomic E-state index is 12.2. The molecule has 3 aromatic rings. The summed E-state index contributed by atoms with van der Waals surface area (Å²) in [5, 5.41) is 13.8. The Labute approximate surface area is 152 Å². The molecule has 0 fully saturated rings. The van der Waals surface area contributed by atoms with Crippen LogP contribution in [0.25, 0.3) is 11.0 Å². The normalized spacial score (nSPS) is 13.2. The van der Waals surface area contributed by atoms with E-state index >= 15 is 0 Å². The summed E-state index contributed by atoms with van der Waals surface area (Å²) in [5.74, 6) is 0. The van der Waals surface area contributed by atoms with Gasteiger partial charge in [0.15, 0.2) is 0 Å². The van der Waals surface area contributed by atoms with Gasteiger partial charge in [-0.15, -0.1) is 0 Å². The molecule has 0 aliphatic rings. The van der Waals surface area contributed by atoms with E-state index in [1.807, 2.05) is 36.4 Å². The molecule has 0 spiro atoms. The minimum Gasteiger partial charge on any atom is -0.399 e. The summed E-state index contributed by atoms with van der Waals surface area (Å²) in [6.07, 6.45) is 0.117. The minimum atomic E-state index is -0.631. The van der Waals surface area contributed by atoms with Gasteiger partial charge in [0.1, 0.15) is 0 Å². The number of nitrogens with one attached hydrogen (secondary N) is 2. The van der Waals surface area contributed by atoms with E-state index in [1.54, 1.807) is 16.7 Å². The van der Waals surface area contributed by atoms with Gasteiger partial charge in [-0.05, 0) is 50.1 Å². The highest BCUT2D eigenvalue weighted by molar-refractivity contribution is 5.74. The van der Waals surface area contributed by atoms with Crippen molar-refractivity contribution in [2.45, 2.75) is 38.5 Å². The predicted molar refractivity (Wildman–Crippen MR) is 105 cm³/mol.